The van der Waals surface area contributed by atoms with E-state index in [0.29, 0.717) is 24.3 Å². The molecule has 0 unspecified atom stereocenters. The van der Waals surface area contributed by atoms with Crippen molar-refractivity contribution in [3.05, 3.63) is 16.0 Å². The highest BCUT2D eigenvalue weighted by Crippen LogP contribution is 2.45. The van der Waals surface area contributed by atoms with Gasteiger partial charge in [0.1, 0.15) is 11.1 Å². The van der Waals surface area contributed by atoms with E-state index in [0.717, 1.165) is 29.7 Å². The van der Waals surface area contributed by atoms with Gasteiger partial charge in [0.2, 0.25) is 5.91 Å². The topological polar surface area (TPSA) is 91.2 Å². The number of nitrogens with one attached hydrogen (secondary N) is 2. The van der Waals surface area contributed by atoms with Crippen LogP contribution in [0.5, 0.6) is 0 Å². The minimum atomic E-state index is -5.21. The minimum Gasteiger partial charge on any atom is -0.466 e. The first-order chi connectivity index (χ1) is 13.8. The van der Waals surface area contributed by atoms with E-state index in [2.05, 4.69) is 30.8 Å². The summed E-state index contributed by atoms with van der Waals surface area (Å²) in [5.41, 5.74) is -2.70. The highest BCUT2D eigenvalue weighted by atomic mass is 32.1. The number of ether oxygens (including phenoxy) is 1. The zero-order valence-corrected chi connectivity index (χ0v) is 18.4. The molecule has 30 heavy (non-hydrogen) atoms. The number of carbonyl (C=O) groups excluding carboxylic acids is 2. The van der Waals surface area contributed by atoms with Crippen LogP contribution in [0.25, 0.3) is 0 Å². The number of rotatable bonds is 5. The van der Waals surface area contributed by atoms with E-state index in [-0.39, 0.29) is 22.4 Å². The van der Waals surface area contributed by atoms with Gasteiger partial charge in [0.25, 0.3) is 0 Å². The van der Waals surface area contributed by atoms with Gasteiger partial charge in [-0.15, -0.1) is 11.3 Å². The Hall–Kier alpha value is -2.28. The van der Waals surface area contributed by atoms with Gasteiger partial charge in [-0.05, 0) is 36.2 Å². The molecule has 0 aromatic carbocycles. The van der Waals surface area contributed by atoms with E-state index in [1.54, 1.807) is 5.32 Å². The van der Waals surface area contributed by atoms with Crippen molar-refractivity contribution in [3.63, 3.8) is 0 Å². The molecule has 0 saturated heterocycles. The average Bonchev–Trinajstić information content (AvgIpc) is 3.00. The molecule has 1 aromatic heterocycles. The standard InChI is InChI=1S/C20H26F3N3O3S/c1-6-15(27)25-19(17(28)29-5,20(21,22)23)26-16-13(10-24)12-8-7-11(18(2,3)4)9-14(12)30-16/h11,26H,6-9H2,1-5H3,(H,25,27)/t11-,19+/m1/s1. The summed E-state index contributed by atoms with van der Waals surface area (Å²) in [7, 11) is 0.807. The molecular formula is C20H26F3N3O3S. The fraction of sp³-hybridized carbons (Fsp3) is 0.650. The lowest BCUT2D eigenvalue weighted by Gasteiger charge is -2.34. The molecule has 1 aromatic rings. The maximum atomic E-state index is 14.1. The van der Waals surface area contributed by atoms with Gasteiger partial charge >= 0.3 is 17.8 Å². The summed E-state index contributed by atoms with van der Waals surface area (Å²) in [5, 5.41) is 13.4. The highest BCUT2D eigenvalue weighted by molar-refractivity contribution is 7.16. The fourth-order valence-corrected chi connectivity index (χ4v) is 4.88. The summed E-state index contributed by atoms with van der Waals surface area (Å²) in [6.45, 7) is 7.68. The predicted octanol–water partition coefficient (Wildman–Crippen LogP) is 4.14. The van der Waals surface area contributed by atoms with Crippen LogP contribution in [0.1, 0.15) is 56.5 Å². The number of nitrogens with zero attached hydrogens (tertiary/aromatic N) is 1. The van der Waals surface area contributed by atoms with Gasteiger partial charge in [0, 0.05) is 11.3 Å². The van der Waals surface area contributed by atoms with Crippen molar-refractivity contribution in [2.75, 3.05) is 12.4 Å². The van der Waals surface area contributed by atoms with Crippen molar-refractivity contribution in [1.29, 1.82) is 5.26 Å². The van der Waals surface area contributed by atoms with Crippen LogP contribution < -0.4 is 10.6 Å². The lowest BCUT2D eigenvalue weighted by molar-refractivity contribution is -0.206. The summed E-state index contributed by atoms with van der Waals surface area (Å²) in [6, 6.07) is 1.97. The first-order valence-corrected chi connectivity index (χ1v) is 10.4. The van der Waals surface area contributed by atoms with Crippen LogP contribution in [-0.4, -0.2) is 30.8 Å². The number of fused-ring (bicyclic) bond motifs is 1. The Balaban J connectivity index is 2.56. The molecule has 1 aliphatic rings. The van der Waals surface area contributed by atoms with E-state index >= 15 is 0 Å². The third-order valence-corrected chi connectivity index (χ3v) is 6.64. The van der Waals surface area contributed by atoms with Crippen LogP contribution in [0, 0.1) is 22.7 Å². The number of hydrogen-bond donors (Lipinski definition) is 2. The monoisotopic (exact) mass is 445 g/mol. The second-order valence-corrected chi connectivity index (χ2v) is 9.50. The smallest absolute Gasteiger partial charge is 0.441 e. The summed E-state index contributed by atoms with van der Waals surface area (Å²) < 4.78 is 46.6. The first-order valence-electron chi connectivity index (χ1n) is 9.59. The Morgan fingerprint density at radius 2 is 1.93 bits per heavy atom. The Bertz CT molecular complexity index is 868. The van der Waals surface area contributed by atoms with Crippen LogP contribution in [0.15, 0.2) is 0 Å². The van der Waals surface area contributed by atoms with Crippen LogP contribution in [-0.2, 0) is 27.2 Å². The highest BCUT2D eigenvalue weighted by Gasteiger charge is 2.63. The SMILES string of the molecule is CCC(=O)N[C@](Nc1sc2c(c1C#N)CC[C@@H](C(C)(C)C)C2)(C(=O)OC)C(F)(F)F. The molecule has 166 valence electrons. The van der Waals surface area contributed by atoms with Gasteiger partial charge in [0.05, 0.1) is 12.7 Å². The minimum absolute atomic E-state index is 0.0128. The summed E-state index contributed by atoms with van der Waals surface area (Å²) in [5.74, 6) is -2.38. The van der Waals surface area contributed by atoms with E-state index in [1.165, 1.54) is 6.92 Å². The van der Waals surface area contributed by atoms with Gasteiger partial charge in [-0.2, -0.15) is 18.4 Å². The van der Waals surface area contributed by atoms with Crippen LogP contribution in [0.2, 0.25) is 0 Å². The second-order valence-electron chi connectivity index (χ2n) is 8.39. The number of amides is 1. The van der Waals surface area contributed by atoms with Crippen molar-refractivity contribution < 1.29 is 27.5 Å². The summed E-state index contributed by atoms with van der Waals surface area (Å²) in [6.07, 6.45) is -3.46. The maximum Gasteiger partial charge on any atom is 0.441 e. The third kappa shape index (κ3) is 4.41. The molecule has 0 aliphatic heterocycles. The number of alkyl halides is 3. The maximum absolute atomic E-state index is 14.1. The zero-order valence-electron chi connectivity index (χ0n) is 17.6. The number of thiophene rings is 1. The molecule has 10 heteroatoms. The molecule has 1 heterocycles. The fourth-order valence-electron chi connectivity index (χ4n) is 3.54. The second kappa shape index (κ2) is 8.46. The molecule has 1 amide bonds. The zero-order chi connectivity index (χ0) is 22.9. The van der Waals surface area contributed by atoms with E-state index < -0.39 is 23.7 Å². The Kier molecular flexibility index (Phi) is 6.76. The molecular weight excluding hydrogens is 419 g/mol. The van der Waals surface area contributed by atoms with Gasteiger partial charge in [0.15, 0.2) is 0 Å². The van der Waals surface area contributed by atoms with Crippen molar-refractivity contribution in [1.82, 2.24) is 5.32 Å². The average molecular weight is 446 g/mol. The molecule has 6 nitrogen and oxygen atoms in total. The number of anilines is 1. The molecule has 2 N–H and O–H groups in total. The van der Waals surface area contributed by atoms with Crippen molar-refractivity contribution in [2.45, 2.75) is 65.2 Å². The van der Waals surface area contributed by atoms with Crippen molar-refractivity contribution in [3.8, 4) is 6.07 Å². The van der Waals surface area contributed by atoms with Gasteiger partial charge < -0.3 is 15.4 Å². The van der Waals surface area contributed by atoms with Crippen LogP contribution in [0.3, 0.4) is 0 Å². The molecule has 0 saturated carbocycles. The molecule has 2 rings (SSSR count). The number of esters is 1. The Labute approximate surface area is 177 Å². The van der Waals surface area contributed by atoms with E-state index in [1.807, 2.05) is 6.07 Å². The lowest BCUT2D eigenvalue weighted by atomic mass is 9.72. The predicted molar refractivity (Wildman–Crippen MR) is 107 cm³/mol. The van der Waals surface area contributed by atoms with Crippen LogP contribution >= 0.6 is 11.3 Å². The molecule has 0 bridgehead atoms. The normalized spacial score (nSPS) is 18.6. The molecule has 0 spiro atoms. The summed E-state index contributed by atoms with van der Waals surface area (Å²) in [4.78, 5) is 25.0. The molecule has 2 atom stereocenters. The number of methoxy groups -OCH3 is 1. The lowest BCUT2D eigenvalue weighted by Crippen LogP contribution is -2.69. The number of nitriles is 1. The van der Waals surface area contributed by atoms with E-state index in [4.69, 9.17) is 0 Å². The van der Waals surface area contributed by atoms with Crippen molar-refractivity contribution >= 4 is 28.2 Å². The number of carbonyl (C=O) groups is 2. The Morgan fingerprint density at radius 3 is 2.40 bits per heavy atom. The molecule has 0 radical (unpaired) electrons. The number of halogens is 3. The first kappa shape index (κ1) is 24.0. The molecule has 1 aliphatic carbocycles. The third-order valence-electron chi connectivity index (χ3n) is 5.47. The molecule has 0 fully saturated rings. The largest absolute Gasteiger partial charge is 0.466 e. The number of hydrogen-bond acceptors (Lipinski definition) is 6. The quantitative estimate of drug-likeness (QED) is 0.525. The van der Waals surface area contributed by atoms with Gasteiger partial charge in [-0.25, -0.2) is 4.79 Å². The van der Waals surface area contributed by atoms with E-state index in [9.17, 15) is 28.0 Å². The Morgan fingerprint density at radius 1 is 1.30 bits per heavy atom. The van der Waals surface area contributed by atoms with Gasteiger partial charge in [-0.3, -0.25) is 4.79 Å². The summed E-state index contributed by atoms with van der Waals surface area (Å²) >= 11 is 1.02. The van der Waals surface area contributed by atoms with Crippen LogP contribution in [0.4, 0.5) is 18.2 Å². The van der Waals surface area contributed by atoms with Gasteiger partial charge in [-0.1, -0.05) is 27.7 Å². The van der Waals surface area contributed by atoms with Crippen molar-refractivity contribution in [2.24, 2.45) is 11.3 Å².